The standard InChI is InChI=1S/C43H81NO5.BrH/c1-5-7-9-11-13-15-17-19-21-23-25-27-29-31-33-35-41(46)48-39(37-43(3,4)44)40(38-45)49-42(47)36-34-32-30-28-26-24-22-20-18-16-14-12-10-8-6-2;/h19-22,39-40,45H,5-18,23-38,44H2,1-4H3;1H. The Morgan fingerprint density at radius 3 is 1.16 bits per heavy atom. The normalized spacial score (nSPS) is 13.1. The van der Waals surface area contributed by atoms with E-state index in [1.807, 2.05) is 13.8 Å². The van der Waals surface area contributed by atoms with Crippen molar-refractivity contribution in [1.82, 2.24) is 0 Å². The van der Waals surface area contributed by atoms with Crippen LogP contribution in [0.4, 0.5) is 0 Å². The molecule has 0 aliphatic rings. The van der Waals surface area contributed by atoms with Crippen LogP contribution in [0.25, 0.3) is 0 Å². The van der Waals surface area contributed by atoms with E-state index < -0.39 is 24.4 Å². The summed E-state index contributed by atoms with van der Waals surface area (Å²) in [6.07, 6.45) is 39.8. The Labute approximate surface area is 320 Å². The van der Waals surface area contributed by atoms with Crippen LogP contribution in [0.15, 0.2) is 24.3 Å². The summed E-state index contributed by atoms with van der Waals surface area (Å²) in [5.41, 5.74) is 5.61. The second-order valence-electron chi connectivity index (χ2n) is 15.1. The molecule has 0 aromatic heterocycles. The van der Waals surface area contributed by atoms with Gasteiger partial charge >= 0.3 is 11.9 Å². The fourth-order valence-corrected chi connectivity index (χ4v) is 6.13. The minimum atomic E-state index is -0.906. The molecule has 0 aliphatic carbocycles. The van der Waals surface area contributed by atoms with Crippen molar-refractivity contribution in [2.75, 3.05) is 6.61 Å². The summed E-state index contributed by atoms with van der Waals surface area (Å²) in [6.45, 7) is 7.80. The summed E-state index contributed by atoms with van der Waals surface area (Å²) < 4.78 is 11.4. The third-order valence-electron chi connectivity index (χ3n) is 9.17. The molecule has 0 aromatic carbocycles. The molecular weight excluding hydrogens is 690 g/mol. The SMILES string of the molecule is Br.CCCCCCCCC=CCCCCCCCC(=O)OC(CO)C(CC(C)(C)N)OC(=O)CCCCCCCC=CCCCCCCCC. The van der Waals surface area contributed by atoms with Crippen LogP contribution in [-0.2, 0) is 19.1 Å². The van der Waals surface area contributed by atoms with Crippen LogP contribution in [0.1, 0.15) is 214 Å². The molecular formula is C43H82BrNO5. The minimum absolute atomic E-state index is 0. The maximum absolute atomic E-state index is 12.7. The second-order valence-corrected chi connectivity index (χ2v) is 15.1. The van der Waals surface area contributed by atoms with E-state index in [0.29, 0.717) is 19.3 Å². The van der Waals surface area contributed by atoms with Crippen LogP contribution >= 0.6 is 17.0 Å². The molecule has 0 saturated carbocycles. The number of unbranched alkanes of at least 4 members (excludes halogenated alkanes) is 22. The fourth-order valence-electron chi connectivity index (χ4n) is 6.13. The number of hydrogen-bond donors (Lipinski definition) is 2. The van der Waals surface area contributed by atoms with Gasteiger partial charge in [0.15, 0.2) is 6.10 Å². The monoisotopic (exact) mass is 772 g/mol. The molecule has 0 aliphatic heterocycles. The zero-order chi connectivity index (χ0) is 36.3. The predicted octanol–water partition coefficient (Wildman–Crippen LogP) is 12.6. The lowest BCUT2D eigenvalue weighted by atomic mass is 9.95. The van der Waals surface area contributed by atoms with E-state index >= 15 is 0 Å². The van der Waals surface area contributed by atoms with Crippen LogP contribution in [0.5, 0.6) is 0 Å². The van der Waals surface area contributed by atoms with Crippen molar-refractivity contribution in [2.24, 2.45) is 5.73 Å². The zero-order valence-corrected chi connectivity index (χ0v) is 35.0. The maximum Gasteiger partial charge on any atom is 0.306 e. The van der Waals surface area contributed by atoms with Crippen molar-refractivity contribution >= 4 is 28.9 Å². The summed E-state index contributed by atoms with van der Waals surface area (Å²) in [6, 6.07) is 0. The largest absolute Gasteiger partial charge is 0.458 e. The highest BCUT2D eigenvalue weighted by molar-refractivity contribution is 8.93. The van der Waals surface area contributed by atoms with Gasteiger partial charge < -0.3 is 20.3 Å². The number of carbonyl (C=O) groups is 2. The molecule has 7 heteroatoms. The van der Waals surface area contributed by atoms with E-state index in [0.717, 1.165) is 57.8 Å². The molecule has 3 N–H and O–H groups in total. The Morgan fingerprint density at radius 2 is 0.840 bits per heavy atom. The number of ether oxygens (including phenoxy) is 2. The number of hydrogen-bond acceptors (Lipinski definition) is 6. The first kappa shape index (κ1) is 50.9. The molecule has 2 unspecified atom stereocenters. The molecule has 0 fully saturated rings. The van der Waals surface area contributed by atoms with E-state index in [1.165, 1.54) is 109 Å². The Hall–Kier alpha value is -1.18. The third-order valence-corrected chi connectivity index (χ3v) is 9.17. The molecule has 2 atom stereocenters. The maximum atomic E-state index is 12.7. The van der Waals surface area contributed by atoms with Gasteiger partial charge in [-0.1, -0.05) is 141 Å². The van der Waals surface area contributed by atoms with E-state index in [9.17, 15) is 14.7 Å². The number of aliphatic hydroxyl groups excluding tert-OH is 1. The zero-order valence-electron chi connectivity index (χ0n) is 33.2. The van der Waals surface area contributed by atoms with Gasteiger partial charge in [0.05, 0.1) is 6.61 Å². The lowest BCUT2D eigenvalue weighted by molar-refractivity contribution is -0.173. The lowest BCUT2D eigenvalue weighted by Gasteiger charge is -2.30. The van der Waals surface area contributed by atoms with Crippen molar-refractivity contribution in [3.05, 3.63) is 24.3 Å². The van der Waals surface area contributed by atoms with Crippen molar-refractivity contribution in [3.63, 3.8) is 0 Å². The van der Waals surface area contributed by atoms with Crippen LogP contribution in [-0.4, -0.2) is 41.4 Å². The van der Waals surface area contributed by atoms with Gasteiger partial charge in [0, 0.05) is 24.8 Å². The van der Waals surface area contributed by atoms with Crippen LogP contribution in [0.3, 0.4) is 0 Å². The highest BCUT2D eigenvalue weighted by Gasteiger charge is 2.32. The summed E-state index contributed by atoms with van der Waals surface area (Å²) in [5, 5.41) is 10.1. The highest BCUT2D eigenvalue weighted by Crippen LogP contribution is 2.20. The van der Waals surface area contributed by atoms with E-state index in [4.69, 9.17) is 15.2 Å². The van der Waals surface area contributed by atoms with Crippen molar-refractivity contribution < 1.29 is 24.2 Å². The molecule has 296 valence electrons. The molecule has 6 nitrogen and oxygen atoms in total. The molecule has 0 amide bonds. The first-order valence-corrected chi connectivity index (χ1v) is 20.8. The average molecular weight is 773 g/mol. The first-order chi connectivity index (χ1) is 23.7. The average Bonchev–Trinajstić information content (AvgIpc) is 3.06. The molecule has 0 saturated heterocycles. The summed E-state index contributed by atoms with van der Waals surface area (Å²) in [4.78, 5) is 25.3. The molecule has 0 rings (SSSR count). The summed E-state index contributed by atoms with van der Waals surface area (Å²) in [7, 11) is 0. The number of halogens is 1. The van der Waals surface area contributed by atoms with E-state index in [1.54, 1.807) is 0 Å². The Morgan fingerprint density at radius 1 is 0.540 bits per heavy atom. The van der Waals surface area contributed by atoms with Gasteiger partial charge in [0.2, 0.25) is 0 Å². The highest BCUT2D eigenvalue weighted by atomic mass is 79.9. The summed E-state index contributed by atoms with van der Waals surface area (Å²) in [5.74, 6) is -0.677. The van der Waals surface area contributed by atoms with Gasteiger partial charge in [-0.15, -0.1) is 17.0 Å². The molecule has 50 heavy (non-hydrogen) atoms. The minimum Gasteiger partial charge on any atom is -0.458 e. The number of allylic oxidation sites excluding steroid dienone is 4. The van der Waals surface area contributed by atoms with E-state index in [-0.39, 0.29) is 28.9 Å². The number of esters is 2. The fraction of sp³-hybridized carbons (Fsp3) is 0.860. The molecule has 0 heterocycles. The van der Waals surface area contributed by atoms with Crippen molar-refractivity contribution in [3.8, 4) is 0 Å². The van der Waals surface area contributed by atoms with Gasteiger partial charge in [0.1, 0.15) is 6.10 Å². The van der Waals surface area contributed by atoms with Gasteiger partial charge in [-0.25, -0.2) is 0 Å². The van der Waals surface area contributed by atoms with Gasteiger partial charge in [-0.05, 0) is 78.1 Å². The Kier molecular flexibility index (Phi) is 38.3. The Balaban J connectivity index is 0. The second kappa shape index (κ2) is 37.6. The first-order valence-electron chi connectivity index (χ1n) is 20.8. The van der Waals surface area contributed by atoms with Crippen LogP contribution in [0.2, 0.25) is 0 Å². The quantitative estimate of drug-likeness (QED) is 0.0374. The topological polar surface area (TPSA) is 98.8 Å². The van der Waals surface area contributed by atoms with Gasteiger partial charge in [-0.3, -0.25) is 9.59 Å². The van der Waals surface area contributed by atoms with Crippen LogP contribution in [0, 0.1) is 0 Å². The molecule has 0 aromatic rings. The molecule has 0 radical (unpaired) electrons. The number of carbonyl (C=O) groups excluding carboxylic acids is 2. The van der Waals surface area contributed by atoms with Crippen LogP contribution < -0.4 is 5.73 Å². The molecule has 0 spiro atoms. The number of rotatable bonds is 36. The van der Waals surface area contributed by atoms with Crippen molar-refractivity contribution in [1.29, 1.82) is 0 Å². The van der Waals surface area contributed by atoms with Gasteiger partial charge in [0.25, 0.3) is 0 Å². The van der Waals surface area contributed by atoms with Gasteiger partial charge in [-0.2, -0.15) is 0 Å². The summed E-state index contributed by atoms with van der Waals surface area (Å²) >= 11 is 0. The number of nitrogens with two attached hydrogens (primary N) is 1. The smallest absolute Gasteiger partial charge is 0.306 e. The van der Waals surface area contributed by atoms with E-state index in [2.05, 4.69) is 38.2 Å². The molecule has 0 bridgehead atoms. The van der Waals surface area contributed by atoms with Crippen molar-refractivity contribution in [2.45, 2.75) is 232 Å². The lowest BCUT2D eigenvalue weighted by Crippen LogP contribution is -2.45. The third kappa shape index (κ3) is 36.6. The predicted molar refractivity (Wildman–Crippen MR) is 219 cm³/mol. The number of aliphatic hydroxyl groups is 1. The Bertz CT molecular complexity index is 810.